The summed E-state index contributed by atoms with van der Waals surface area (Å²) in [5.41, 5.74) is 1.11. The SMILES string of the molecule is CC(C)OC(=O)C1CCN(c2ccc(Cl)cc2)C1. The van der Waals surface area contributed by atoms with Crippen LogP contribution >= 0.6 is 11.6 Å². The highest BCUT2D eigenvalue weighted by Gasteiger charge is 2.30. The van der Waals surface area contributed by atoms with Gasteiger partial charge in [-0.1, -0.05) is 11.6 Å². The Balaban J connectivity index is 1.96. The van der Waals surface area contributed by atoms with E-state index in [2.05, 4.69) is 4.90 Å². The van der Waals surface area contributed by atoms with Gasteiger partial charge in [0.1, 0.15) is 0 Å². The Bertz CT molecular complexity index is 416. The second kappa shape index (κ2) is 5.61. The maximum Gasteiger partial charge on any atom is 0.311 e. The standard InChI is InChI=1S/C14H18ClNO2/c1-10(2)18-14(17)11-7-8-16(9-11)13-5-3-12(15)4-6-13/h3-6,10-11H,7-9H2,1-2H3. The molecule has 1 unspecified atom stereocenters. The molecule has 0 aromatic heterocycles. The molecule has 1 aliphatic rings. The van der Waals surface area contributed by atoms with Gasteiger partial charge in [0.05, 0.1) is 12.0 Å². The Morgan fingerprint density at radius 1 is 1.39 bits per heavy atom. The highest BCUT2D eigenvalue weighted by Crippen LogP contribution is 2.26. The van der Waals surface area contributed by atoms with Gasteiger partial charge in [0.25, 0.3) is 0 Å². The van der Waals surface area contributed by atoms with E-state index in [0.29, 0.717) is 0 Å². The van der Waals surface area contributed by atoms with Crippen LogP contribution in [0, 0.1) is 5.92 Å². The number of ether oxygens (including phenoxy) is 1. The first-order valence-electron chi connectivity index (χ1n) is 6.27. The fraction of sp³-hybridized carbons (Fsp3) is 0.500. The fourth-order valence-electron chi connectivity index (χ4n) is 2.17. The summed E-state index contributed by atoms with van der Waals surface area (Å²) in [5.74, 6) is -0.0930. The van der Waals surface area contributed by atoms with Crippen LogP contribution in [-0.4, -0.2) is 25.2 Å². The highest BCUT2D eigenvalue weighted by molar-refractivity contribution is 6.30. The summed E-state index contributed by atoms with van der Waals surface area (Å²) in [5, 5.41) is 0.730. The molecule has 98 valence electrons. The molecule has 1 saturated heterocycles. The molecule has 1 atom stereocenters. The van der Waals surface area contributed by atoms with Crippen molar-refractivity contribution in [2.45, 2.75) is 26.4 Å². The van der Waals surface area contributed by atoms with Crippen LogP contribution in [0.25, 0.3) is 0 Å². The topological polar surface area (TPSA) is 29.5 Å². The molecule has 2 rings (SSSR count). The van der Waals surface area contributed by atoms with E-state index in [1.165, 1.54) is 0 Å². The van der Waals surface area contributed by atoms with Gasteiger partial charge in [-0.25, -0.2) is 0 Å². The molecule has 1 fully saturated rings. The zero-order valence-electron chi connectivity index (χ0n) is 10.7. The number of esters is 1. The zero-order valence-corrected chi connectivity index (χ0v) is 11.5. The monoisotopic (exact) mass is 267 g/mol. The number of anilines is 1. The van der Waals surface area contributed by atoms with Crippen molar-refractivity contribution in [3.05, 3.63) is 29.3 Å². The van der Waals surface area contributed by atoms with Crippen molar-refractivity contribution in [2.24, 2.45) is 5.92 Å². The molecule has 1 aromatic carbocycles. The van der Waals surface area contributed by atoms with E-state index in [4.69, 9.17) is 16.3 Å². The lowest BCUT2D eigenvalue weighted by Gasteiger charge is -2.18. The average Bonchev–Trinajstić information content (AvgIpc) is 2.78. The second-order valence-corrected chi connectivity index (χ2v) is 5.33. The van der Waals surface area contributed by atoms with Crippen molar-refractivity contribution in [1.82, 2.24) is 0 Å². The van der Waals surface area contributed by atoms with Crippen LogP contribution in [0.3, 0.4) is 0 Å². The lowest BCUT2D eigenvalue weighted by Crippen LogP contribution is -2.25. The summed E-state index contributed by atoms with van der Waals surface area (Å²) in [6.45, 7) is 5.38. The summed E-state index contributed by atoms with van der Waals surface area (Å²) < 4.78 is 5.25. The van der Waals surface area contributed by atoms with Gasteiger partial charge >= 0.3 is 5.97 Å². The molecule has 0 aliphatic carbocycles. The molecular formula is C14H18ClNO2. The molecule has 0 amide bonds. The summed E-state index contributed by atoms with van der Waals surface area (Å²) in [6, 6.07) is 7.71. The summed E-state index contributed by atoms with van der Waals surface area (Å²) in [7, 11) is 0. The maximum atomic E-state index is 11.8. The third kappa shape index (κ3) is 3.16. The molecule has 0 bridgehead atoms. The van der Waals surface area contributed by atoms with Gasteiger partial charge in [0, 0.05) is 23.8 Å². The summed E-state index contributed by atoms with van der Waals surface area (Å²) in [4.78, 5) is 14.0. The van der Waals surface area contributed by atoms with Gasteiger partial charge in [-0.15, -0.1) is 0 Å². The third-order valence-electron chi connectivity index (χ3n) is 3.07. The predicted molar refractivity (Wildman–Crippen MR) is 73.0 cm³/mol. The van der Waals surface area contributed by atoms with Crippen LogP contribution in [0.5, 0.6) is 0 Å². The number of carbonyl (C=O) groups is 1. The van der Waals surface area contributed by atoms with Gasteiger partial charge in [-0.2, -0.15) is 0 Å². The Kier molecular flexibility index (Phi) is 4.12. The molecule has 1 heterocycles. The van der Waals surface area contributed by atoms with Crippen LogP contribution in [-0.2, 0) is 9.53 Å². The van der Waals surface area contributed by atoms with Crippen molar-refractivity contribution in [2.75, 3.05) is 18.0 Å². The van der Waals surface area contributed by atoms with Crippen LogP contribution in [0.2, 0.25) is 5.02 Å². The Hall–Kier alpha value is -1.22. The van der Waals surface area contributed by atoms with Crippen molar-refractivity contribution in [3.63, 3.8) is 0 Å². The number of halogens is 1. The van der Waals surface area contributed by atoms with Gasteiger partial charge in [-0.05, 0) is 44.5 Å². The first-order valence-corrected chi connectivity index (χ1v) is 6.65. The minimum absolute atomic E-state index is 0.0110. The van der Waals surface area contributed by atoms with Crippen molar-refractivity contribution < 1.29 is 9.53 Å². The van der Waals surface area contributed by atoms with Crippen LogP contribution < -0.4 is 4.90 Å². The number of hydrogen-bond acceptors (Lipinski definition) is 3. The Labute approximate surface area is 113 Å². The lowest BCUT2D eigenvalue weighted by atomic mass is 10.1. The van der Waals surface area contributed by atoms with Crippen molar-refractivity contribution in [3.8, 4) is 0 Å². The van der Waals surface area contributed by atoms with E-state index in [1.54, 1.807) is 0 Å². The molecule has 1 aromatic rings. The van der Waals surface area contributed by atoms with Crippen molar-refractivity contribution >= 4 is 23.3 Å². The third-order valence-corrected chi connectivity index (χ3v) is 3.32. The molecule has 4 heteroatoms. The summed E-state index contributed by atoms with van der Waals surface area (Å²) in [6.07, 6.45) is 0.816. The van der Waals surface area contributed by atoms with Crippen LogP contribution in [0.1, 0.15) is 20.3 Å². The fourth-order valence-corrected chi connectivity index (χ4v) is 2.29. The van der Waals surface area contributed by atoms with E-state index in [9.17, 15) is 4.79 Å². The predicted octanol–water partition coefficient (Wildman–Crippen LogP) is 3.12. The van der Waals surface area contributed by atoms with Gasteiger partial charge in [0.15, 0.2) is 0 Å². The van der Waals surface area contributed by atoms with E-state index in [-0.39, 0.29) is 18.0 Å². The highest BCUT2D eigenvalue weighted by atomic mass is 35.5. The van der Waals surface area contributed by atoms with Gasteiger partial charge in [-0.3, -0.25) is 4.79 Å². The molecule has 3 nitrogen and oxygen atoms in total. The molecule has 0 N–H and O–H groups in total. The molecule has 18 heavy (non-hydrogen) atoms. The summed E-state index contributed by atoms with van der Waals surface area (Å²) >= 11 is 5.86. The van der Waals surface area contributed by atoms with E-state index in [0.717, 1.165) is 30.2 Å². The Morgan fingerprint density at radius 3 is 2.67 bits per heavy atom. The quantitative estimate of drug-likeness (QED) is 0.788. The average molecular weight is 268 g/mol. The number of rotatable bonds is 3. The minimum atomic E-state index is -0.0820. The van der Waals surface area contributed by atoms with Crippen LogP contribution in [0.4, 0.5) is 5.69 Å². The van der Waals surface area contributed by atoms with Crippen LogP contribution in [0.15, 0.2) is 24.3 Å². The first kappa shape index (κ1) is 13.2. The van der Waals surface area contributed by atoms with E-state index in [1.807, 2.05) is 38.1 Å². The number of nitrogens with zero attached hydrogens (tertiary/aromatic N) is 1. The first-order chi connectivity index (χ1) is 8.56. The lowest BCUT2D eigenvalue weighted by molar-refractivity contribution is -0.151. The molecular weight excluding hydrogens is 250 g/mol. The van der Waals surface area contributed by atoms with Gasteiger partial charge < -0.3 is 9.64 Å². The van der Waals surface area contributed by atoms with E-state index >= 15 is 0 Å². The minimum Gasteiger partial charge on any atom is -0.463 e. The smallest absolute Gasteiger partial charge is 0.311 e. The molecule has 1 aliphatic heterocycles. The maximum absolute atomic E-state index is 11.8. The van der Waals surface area contributed by atoms with Gasteiger partial charge in [0.2, 0.25) is 0 Å². The zero-order chi connectivity index (χ0) is 13.1. The van der Waals surface area contributed by atoms with Crippen molar-refractivity contribution in [1.29, 1.82) is 0 Å². The number of benzene rings is 1. The molecule has 0 saturated carbocycles. The normalized spacial score (nSPS) is 19.3. The Morgan fingerprint density at radius 2 is 2.06 bits per heavy atom. The largest absolute Gasteiger partial charge is 0.463 e. The second-order valence-electron chi connectivity index (χ2n) is 4.89. The number of hydrogen-bond donors (Lipinski definition) is 0. The molecule has 0 radical (unpaired) electrons. The molecule has 0 spiro atoms. The number of carbonyl (C=O) groups excluding carboxylic acids is 1. The van der Waals surface area contributed by atoms with E-state index < -0.39 is 0 Å².